The zero-order chi connectivity index (χ0) is 17.9. The Morgan fingerprint density at radius 3 is 2.96 bits per heavy atom. The van der Waals surface area contributed by atoms with Crippen molar-refractivity contribution >= 4 is 17.5 Å². The topological polar surface area (TPSA) is 77.1 Å². The highest BCUT2D eigenvalue weighted by atomic mass is 16.7. The van der Waals surface area contributed by atoms with Gasteiger partial charge in [0.15, 0.2) is 12.9 Å². The van der Waals surface area contributed by atoms with E-state index in [9.17, 15) is 9.59 Å². The second-order valence-electron chi connectivity index (χ2n) is 7.01. The fourth-order valence-corrected chi connectivity index (χ4v) is 3.79. The summed E-state index contributed by atoms with van der Waals surface area (Å²) in [7, 11) is 0. The van der Waals surface area contributed by atoms with Gasteiger partial charge in [-0.1, -0.05) is 0 Å². The quantitative estimate of drug-likeness (QED) is 0.882. The molecule has 3 heterocycles. The molecule has 1 aromatic carbocycles. The van der Waals surface area contributed by atoms with Gasteiger partial charge in [0.25, 0.3) is 5.91 Å². The van der Waals surface area contributed by atoms with Crippen molar-refractivity contribution in [1.29, 1.82) is 0 Å². The van der Waals surface area contributed by atoms with Crippen molar-refractivity contribution in [2.45, 2.75) is 32.0 Å². The Labute approximate surface area is 152 Å². The number of benzene rings is 1. The van der Waals surface area contributed by atoms with Crippen molar-refractivity contribution in [3.63, 3.8) is 0 Å². The number of rotatable bonds is 4. The Hall–Kier alpha value is -2.12. The van der Waals surface area contributed by atoms with Crippen molar-refractivity contribution in [3.8, 4) is 5.75 Å². The van der Waals surface area contributed by atoms with Crippen molar-refractivity contribution in [2.75, 3.05) is 38.2 Å². The van der Waals surface area contributed by atoms with Crippen LogP contribution in [0.2, 0.25) is 0 Å². The first kappa shape index (κ1) is 17.3. The Balaban J connectivity index is 1.31. The number of likely N-dealkylation sites (tertiary alicyclic amines) is 1. The van der Waals surface area contributed by atoms with Crippen LogP contribution in [0.5, 0.6) is 5.75 Å². The molecule has 0 saturated carbocycles. The molecule has 2 fully saturated rings. The molecule has 7 nitrogen and oxygen atoms in total. The van der Waals surface area contributed by atoms with Gasteiger partial charge in [0, 0.05) is 31.1 Å². The standard InChI is InChI=1S/C19H24N2O5/c22-17-6-3-13-10-15(4-5-16(13)20-17)26-12-18(23)21-7-1-2-14(11-21)19-24-8-9-25-19/h4-5,10,14,19H,1-3,6-9,11-12H2,(H,20,22). The first-order valence-electron chi connectivity index (χ1n) is 9.25. The lowest BCUT2D eigenvalue weighted by Crippen LogP contribution is -2.45. The summed E-state index contributed by atoms with van der Waals surface area (Å²) in [6.07, 6.45) is 2.98. The van der Waals surface area contributed by atoms with Gasteiger partial charge >= 0.3 is 0 Å². The highest BCUT2D eigenvalue weighted by molar-refractivity contribution is 5.94. The number of aryl methyl sites for hydroxylation is 1. The van der Waals surface area contributed by atoms with Crippen LogP contribution in [0.15, 0.2) is 18.2 Å². The maximum Gasteiger partial charge on any atom is 0.260 e. The van der Waals surface area contributed by atoms with E-state index in [0.29, 0.717) is 38.3 Å². The van der Waals surface area contributed by atoms with Crippen LogP contribution in [-0.4, -0.2) is 55.9 Å². The lowest BCUT2D eigenvalue weighted by Gasteiger charge is -2.34. The summed E-state index contributed by atoms with van der Waals surface area (Å²) in [6, 6.07) is 5.52. The Bertz CT molecular complexity index is 687. The number of ether oxygens (including phenoxy) is 3. The van der Waals surface area contributed by atoms with Gasteiger partial charge in [-0.2, -0.15) is 0 Å². The van der Waals surface area contributed by atoms with Gasteiger partial charge in [-0.05, 0) is 43.0 Å². The average Bonchev–Trinajstić information content (AvgIpc) is 3.21. The molecule has 0 bridgehead atoms. The van der Waals surface area contributed by atoms with Gasteiger partial charge in [-0.15, -0.1) is 0 Å². The molecular weight excluding hydrogens is 336 g/mol. The largest absolute Gasteiger partial charge is 0.484 e. The molecule has 3 aliphatic heterocycles. The van der Waals surface area contributed by atoms with E-state index >= 15 is 0 Å². The molecule has 2 amide bonds. The molecule has 2 saturated heterocycles. The van der Waals surface area contributed by atoms with Crippen LogP contribution >= 0.6 is 0 Å². The summed E-state index contributed by atoms with van der Waals surface area (Å²) in [5, 5.41) is 2.84. The lowest BCUT2D eigenvalue weighted by atomic mass is 9.97. The molecule has 4 rings (SSSR count). The summed E-state index contributed by atoms with van der Waals surface area (Å²) in [5.74, 6) is 0.918. The van der Waals surface area contributed by atoms with Gasteiger partial charge in [-0.25, -0.2) is 0 Å². The van der Waals surface area contributed by atoms with Gasteiger partial charge in [0.1, 0.15) is 5.75 Å². The van der Waals surface area contributed by atoms with E-state index < -0.39 is 0 Å². The number of nitrogens with one attached hydrogen (secondary N) is 1. The monoisotopic (exact) mass is 360 g/mol. The third-order valence-corrected chi connectivity index (χ3v) is 5.18. The normalized spacial score (nSPS) is 23.5. The molecular formula is C19H24N2O5. The van der Waals surface area contributed by atoms with Gasteiger partial charge < -0.3 is 24.4 Å². The maximum atomic E-state index is 12.5. The lowest BCUT2D eigenvalue weighted by molar-refractivity contribution is -0.141. The molecule has 3 aliphatic rings. The minimum absolute atomic E-state index is 0.0151. The second-order valence-corrected chi connectivity index (χ2v) is 7.01. The summed E-state index contributed by atoms with van der Waals surface area (Å²) < 4.78 is 16.9. The number of carbonyl (C=O) groups excluding carboxylic acids is 2. The van der Waals surface area contributed by atoms with Gasteiger partial charge in [0.2, 0.25) is 5.91 Å². The number of hydrogen-bond acceptors (Lipinski definition) is 5. The SMILES string of the molecule is O=C1CCc2cc(OCC(=O)N3CCCC(C4OCCO4)C3)ccc2N1. The number of hydrogen-bond donors (Lipinski definition) is 1. The van der Waals surface area contributed by atoms with Crippen molar-refractivity contribution in [1.82, 2.24) is 4.90 Å². The minimum Gasteiger partial charge on any atom is -0.484 e. The number of fused-ring (bicyclic) bond motifs is 1. The summed E-state index contributed by atoms with van der Waals surface area (Å²) in [4.78, 5) is 25.8. The predicted octanol–water partition coefficient (Wildman–Crippen LogP) is 1.56. The zero-order valence-corrected chi connectivity index (χ0v) is 14.7. The third-order valence-electron chi connectivity index (χ3n) is 5.18. The van der Waals surface area contributed by atoms with E-state index in [4.69, 9.17) is 14.2 Å². The molecule has 1 unspecified atom stereocenters. The number of piperidine rings is 1. The minimum atomic E-state index is -0.178. The molecule has 1 N–H and O–H groups in total. The average molecular weight is 360 g/mol. The first-order chi connectivity index (χ1) is 12.7. The Morgan fingerprint density at radius 1 is 1.27 bits per heavy atom. The van der Waals surface area contributed by atoms with E-state index in [1.807, 2.05) is 17.0 Å². The molecule has 7 heteroatoms. The first-order valence-corrected chi connectivity index (χ1v) is 9.25. The van der Waals surface area contributed by atoms with Crippen LogP contribution < -0.4 is 10.1 Å². The van der Waals surface area contributed by atoms with Gasteiger partial charge in [0.05, 0.1) is 13.2 Å². The van der Waals surface area contributed by atoms with Crippen LogP contribution in [0.3, 0.4) is 0 Å². The number of amides is 2. The van der Waals surface area contributed by atoms with Crippen molar-refractivity contribution in [3.05, 3.63) is 23.8 Å². The van der Waals surface area contributed by atoms with Crippen molar-refractivity contribution < 1.29 is 23.8 Å². The molecule has 0 aromatic heterocycles. The van der Waals surface area contributed by atoms with E-state index in [1.54, 1.807) is 6.07 Å². The van der Waals surface area contributed by atoms with Crippen LogP contribution in [0, 0.1) is 5.92 Å². The predicted molar refractivity (Wildman–Crippen MR) is 93.9 cm³/mol. The molecule has 26 heavy (non-hydrogen) atoms. The van der Waals surface area contributed by atoms with Crippen LogP contribution in [0.25, 0.3) is 0 Å². The maximum absolute atomic E-state index is 12.5. The zero-order valence-electron chi connectivity index (χ0n) is 14.7. The molecule has 0 aliphatic carbocycles. The Morgan fingerprint density at radius 2 is 2.12 bits per heavy atom. The molecule has 0 radical (unpaired) electrons. The van der Waals surface area contributed by atoms with Crippen LogP contribution in [0.1, 0.15) is 24.8 Å². The van der Waals surface area contributed by atoms with E-state index in [2.05, 4.69) is 5.32 Å². The summed E-state index contributed by atoms with van der Waals surface area (Å²) in [6.45, 7) is 2.70. The fourth-order valence-electron chi connectivity index (χ4n) is 3.79. The molecule has 140 valence electrons. The highest BCUT2D eigenvalue weighted by Gasteiger charge is 2.32. The molecule has 1 atom stereocenters. The highest BCUT2D eigenvalue weighted by Crippen LogP contribution is 2.27. The molecule has 0 spiro atoms. The van der Waals surface area contributed by atoms with E-state index in [0.717, 1.165) is 30.6 Å². The summed E-state index contributed by atoms with van der Waals surface area (Å²) >= 11 is 0. The van der Waals surface area contributed by atoms with Crippen LogP contribution in [0.4, 0.5) is 5.69 Å². The fraction of sp³-hybridized carbons (Fsp3) is 0.579. The number of carbonyl (C=O) groups is 2. The molecule has 1 aromatic rings. The smallest absolute Gasteiger partial charge is 0.260 e. The number of anilines is 1. The third kappa shape index (κ3) is 3.83. The van der Waals surface area contributed by atoms with E-state index in [1.165, 1.54) is 0 Å². The van der Waals surface area contributed by atoms with Crippen molar-refractivity contribution in [2.24, 2.45) is 5.92 Å². The van der Waals surface area contributed by atoms with Crippen LogP contribution in [-0.2, 0) is 25.5 Å². The van der Waals surface area contributed by atoms with E-state index in [-0.39, 0.29) is 30.6 Å². The van der Waals surface area contributed by atoms with Gasteiger partial charge in [-0.3, -0.25) is 9.59 Å². The summed E-state index contributed by atoms with van der Waals surface area (Å²) in [5.41, 5.74) is 1.87. The number of nitrogens with zero attached hydrogens (tertiary/aromatic N) is 1. The second kappa shape index (κ2) is 7.63. The Kier molecular flexibility index (Phi) is 5.08.